The molecule has 0 bridgehead atoms. The van der Waals surface area contributed by atoms with Gasteiger partial charge in [0.25, 0.3) is 0 Å². The third-order valence-corrected chi connectivity index (χ3v) is 4.63. The lowest BCUT2D eigenvalue weighted by atomic mass is 10.0. The number of pyridine rings is 1. The Bertz CT molecular complexity index is 860. The fraction of sp³-hybridized carbons (Fsp3) is 0.278. The van der Waals surface area contributed by atoms with Crippen LogP contribution in [0.4, 0.5) is 5.82 Å². The molecule has 0 aliphatic carbocycles. The summed E-state index contributed by atoms with van der Waals surface area (Å²) in [5.41, 5.74) is 2.85. The van der Waals surface area contributed by atoms with Crippen molar-refractivity contribution in [3.8, 4) is 11.1 Å². The van der Waals surface area contributed by atoms with Crippen molar-refractivity contribution in [2.24, 2.45) is 0 Å². The molecule has 0 saturated carbocycles. The predicted molar refractivity (Wildman–Crippen MR) is 97.5 cm³/mol. The van der Waals surface area contributed by atoms with E-state index in [1.165, 1.54) is 0 Å². The molecule has 2 aromatic heterocycles. The quantitative estimate of drug-likeness (QED) is 0.718. The van der Waals surface area contributed by atoms with Gasteiger partial charge in [0.1, 0.15) is 5.82 Å². The van der Waals surface area contributed by atoms with Crippen LogP contribution < -0.4 is 4.90 Å². The molecule has 1 aliphatic heterocycles. The van der Waals surface area contributed by atoms with Crippen molar-refractivity contribution in [3.05, 3.63) is 47.6 Å². The normalized spacial score (nSPS) is 15.8. The second kappa shape index (κ2) is 6.34. The summed E-state index contributed by atoms with van der Waals surface area (Å²) in [4.78, 5) is 9.36. The molecule has 24 heavy (non-hydrogen) atoms. The third-order valence-electron chi connectivity index (χ3n) is 4.44. The molecule has 0 amide bonds. The van der Waals surface area contributed by atoms with Crippen LogP contribution in [-0.2, 0) is 0 Å². The van der Waals surface area contributed by atoms with E-state index >= 15 is 0 Å². The van der Waals surface area contributed by atoms with Crippen LogP contribution in [0.3, 0.4) is 0 Å². The summed E-state index contributed by atoms with van der Waals surface area (Å²) >= 11 is 6.07. The van der Waals surface area contributed by atoms with Gasteiger partial charge in [0, 0.05) is 31.6 Å². The minimum atomic E-state index is 0.383. The number of hydrogen-bond acceptors (Lipinski definition) is 5. The van der Waals surface area contributed by atoms with Crippen LogP contribution in [0.25, 0.3) is 22.2 Å². The number of hydrogen-bond donors (Lipinski definition) is 0. The summed E-state index contributed by atoms with van der Waals surface area (Å²) in [6.07, 6.45) is 0. The maximum Gasteiger partial charge on any atom is 0.184 e. The molecule has 0 N–H and O–H groups in total. The van der Waals surface area contributed by atoms with Gasteiger partial charge in [0.05, 0.1) is 0 Å². The highest BCUT2D eigenvalue weighted by Crippen LogP contribution is 2.31. The average Bonchev–Trinajstić information content (AvgIpc) is 2.62. The van der Waals surface area contributed by atoms with Crippen molar-refractivity contribution in [1.29, 1.82) is 0 Å². The van der Waals surface area contributed by atoms with Crippen molar-refractivity contribution in [2.45, 2.75) is 0 Å². The van der Waals surface area contributed by atoms with Crippen LogP contribution in [0.1, 0.15) is 0 Å². The SMILES string of the molecule is CN1CCN(c2cc(-c3ccccc3)c3cc(Cl)nnc3n2)CC1. The zero-order valence-corrected chi connectivity index (χ0v) is 14.2. The van der Waals surface area contributed by atoms with E-state index in [1.54, 1.807) is 0 Å². The molecule has 4 rings (SSSR count). The van der Waals surface area contributed by atoms with Gasteiger partial charge in [-0.3, -0.25) is 0 Å². The zero-order valence-electron chi connectivity index (χ0n) is 13.5. The summed E-state index contributed by atoms with van der Waals surface area (Å²) in [6, 6.07) is 14.3. The molecule has 6 heteroatoms. The van der Waals surface area contributed by atoms with Gasteiger partial charge >= 0.3 is 0 Å². The molecular formula is C18H18ClN5. The van der Waals surface area contributed by atoms with E-state index in [0.29, 0.717) is 10.8 Å². The minimum absolute atomic E-state index is 0.383. The zero-order chi connectivity index (χ0) is 16.5. The summed E-state index contributed by atoms with van der Waals surface area (Å²) in [6.45, 7) is 3.99. The molecule has 1 aliphatic rings. The summed E-state index contributed by atoms with van der Waals surface area (Å²) in [5.74, 6) is 0.950. The molecular weight excluding hydrogens is 322 g/mol. The van der Waals surface area contributed by atoms with Crippen LogP contribution in [0.2, 0.25) is 5.15 Å². The first-order valence-corrected chi connectivity index (χ1v) is 8.41. The number of likely N-dealkylation sites (N-methyl/N-ethyl adjacent to an activating group) is 1. The molecule has 1 aromatic carbocycles. The molecule has 1 saturated heterocycles. The van der Waals surface area contributed by atoms with Gasteiger partial charge in [0.2, 0.25) is 0 Å². The Hall–Kier alpha value is -2.24. The summed E-state index contributed by atoms with van der Waals surface area (Å²) in [7, 11) is 2.15. The van der Waals surface area contributed by atoms with Crippen molar-refractivity contribution in [3.63, 3.8) is 0 Å². The standard InChI is InChI=1S/C18H18ClN5/c1-23-7-9-24(10-8-23)17-12-14(13-5-3-2-4-6-13)15-11-16(19)21-22-18(15)20-17/h2-6,11-12H,7-10H2,1H3. The lowest BCUT2D eigenvalue weighted by Crippen LogP contribution is -2.44. The van der Waals surface area contributed by atoms with Gasteiger partial charge in [-0.05, 0) is 30.3 Å². The Morgan fingerprint density at radius 1 is 0.958 bits per heavy atom. The molecule has 1 fully saturated rings. The number of nitrogens with zero attached hydrogens (tertiary/aromatic N) is 5. The van der Waals surface area contributed by atoms with Crippen molar-refractivity contribution >= 4 is 28.5 Å². The van der Waals surface area contributed by atoms with Crippen molar-refractivity contribution in [2.75, 3.05) is 38.1 Å². The Kier molecular flexibility index (Phi) is 4.04. The molecule has 5 nitrogen and oxygen atoms in total. The Balaban J connectivity index is 1.86. The van der Waals surface area contributed by atoms with E-state index in [0.717, 1.165) is 48.5 Å². The summed E-state index contributed by atoms with van der Waals surface area (Å²) in [5, 5.41) is 9.49. The monoisotopic (exact) mass is 339 g/mol. The molecule has 0 unspecified atom stereocenters. The van der Waals surface area contributed by atoms with Crippen molar-refractivity contribution < 1.29 is 0 Å². The lowest BCUT2D eigenvalue weighted by molar-refractivity contribution is 0.312. The molecule has 0 spiro atoms. The van der Waals surface area contributed by atoms with Crippen LogP contribution in [-0.4, -0.2) is 53.3 Å². The molecule has 0 radical (unpaired) electrons. The van der Waals surface area contributed by atoms with E-state index in [-0.39, 0.29) is 0 Å². The second-order valence-electron chi connectivity index (χ2n) is 6.09. The van der Waals surface area contributed by atoms with Gasteiger partial charge in [0.15, 0.2) is 10.8 Å². The Morgan fingerprint density at radius 2 is 1.71 bits per heavy atom. The number of benzene rings is 1. The number of aromatic nitrogens is 3. The highest BCUT2D eigenvalue weighted by Gasteiger charge is 2.18. The highest BCUT2D eigenvalue weighted by atomic mass is 35.5. The number of halogens is 1. The maximum atomic E-state index is 6.07. The summed E-state index contributed by atoms with van der Waals surface area (Å²) < 4.78 is 0. The average molecular weight is 340 g/mol. The van der Waals surface area contributed by atoms with Crippen molar-refractivity contribution in [1.82, 2.24) is 20.1 Å². The van der Waals surface area contributed by atoms with Crippen LogP contribution in [0, 0.1) is 0 Å². The highest BCUT2D eigenvalue weighted by molar-refractivity contribution is 6.30. The Morgan fingerprint density at radius 3 is 2.46 bits per heavy atom. The predicted octanol–water partition coefficient (Wildman–Crippen LogP) is 3.10. The van der Waals surface area contributed by atoms with E-state index < -0.39 is 0 Å². The molecule has 122 valence electrons. The number of piperazine rings is 1. The molecule has 3 aromatic rings. The van der Waals surface area contributed by atoms with Crippen LogP contribution >= 0.6 is 11.6 Å². The largest absolute Gasteiger partial charge is 0.354 e. The minimum Gasteiger partial charge on any atom is -0.354 e. The van der Waals surface area contributed by atoms with Gasteiger partial charge < -0.3 is 9.80 Å². The topological polar surface area (TPSA) is 45.2 Å². The fourth-order valence-corrected chi connectivity index (χ4v) is 3.19. The lowest BCUT2D eigenvalue weighted by Gasteiger charge is -2.33. The number of anilines is 1. The van der Waals surface area contributed by atoms with Crippen LogP contribution in [0.5, 0.6) is 0 Å². The first-order chi connectivity index (χ1) is 11.7. The first kappa shape index (κ1) is 15.3. The first-order valence-electron chi connectivity index (χ1n) is 8.03. The van der Waals surface area contributed by atoms with E-state index in [4.69, 9.17) is 16.6 Å². The van der Waals surface area contributed by atoms with E-state index in [2.05, 4.69) is 45.2 Å². The van der Waals surface area contributed by atoms with Gasteiger partial charge in [-0.15, -0.1) is 10.2 Å². The molecule has 0 atom stereocenters. The smallest absolute Gasteiger partial charge is 0.184 e. The number of rotatable bonds is 2. The van der Waals surface area contributed by atoms with Crippen LogP contribution in [0.15, 0.2) is 42.5 Å². The van der Waals surface area contributed by atoms with Gasteiger partial charge in [-0.2, -0.15) is 0 Å². The van der Waals surface area contributed by atoms with E-state index in [1.807, 2.05) is 24.3 Å². The Labute approximate surface area is 145 Å². The van der Waals surface area contributed by atoms with Gasteiger partial charge in [-0.25, -0.2) is 4.98 Å². The van der Waals surface area contributed by atoms with Gasteiger partial charge in [-0.1, -0.05) is 41.9 Å². The number of fused-ring (bicyclic) bond motifs is 1. The third kappa shape index (κ3) is 2.92. The second-order valence-corrected chi connectivity index (χ2v) is 6.48. The maximum absolute atomic E-state index is 6.07. The molecule has 3 heterocycles. The van der Waals surface area contributed by atoms with E-state index in [9.17, 15) is 0 Å². The fourth-order valence-electron chi connectivity index (χ4n) is 3.04.